The van der Waals surface area contributed by atoms with Gasteiger partial charge in [0.15, 0.2) is 0 Å². The molecule has 0 aliphatic heterocycles. The molecule has 1 N–H and O–H groups in total. The minimum atomic E-state index is -0.130. The van der Waals surface area contributed by atoms with E-state index in [0.717, 1.165) is 24.3 Å². The fraction of sp³-hybridized carbons (Fsp3) is 0.562. The lowest BCUT2D eigenvalue weighted by Gasteiger charge is -2.18. The predicted octanol–water partition coefficient (Wildman–Crippen LogP) is 3.00. The molecule has 1 aromatic rings. The summed E-state index contributed by atoms with van der Waals surface area (Å²) in [4.78, 5) is 11.2. The van der Waals surface area contributed by atoms with Crippen molar-refractivity contribution in [3.05, 3.63) is 29.3 Å². The van der Waals surface area contributed by atoms with Crippen LogP contribution < -0.4 is 10.1 Å². The Hall–Kier alpha value is -1.55. The zero-order valence-corrected chi connectivity index (χ0v) is 12.9. The number of hydrogen-bond donors (Lipinski definition) is 1. The van der Waals surface area contributed by atoms with E-state index in [-0.39, 0.29) is 12.0 Å². The second-order valence-electron chi connectivity index (χ2n) is 4.83. The first kappa shape index (κ1) is 16.5. The van der Waals surface area contributed by atoms with Crippen LogP contribution in [0.25, 0.3) is 0 Å². The van der Waals surface area contributed by atoms with Crippen molar-refractivity contribution in [3.8, 4) is 5.75 Å². The normalized spacial score (nSPS) is 12.0. The van der Waals surface area contributed by atoms with E-state index < -0.39 is 0 Å². The van der Waals surface area contributed by atoms with Gasteiger partial charge >= 0.3 is 5.97 Å². The summed E-state index contributed by atoms with van der Waals surface area (Å²) in [6.45, 7) is 7.21. The van der Waals surface area contributed by atoms with Gasteiger partial charge in [0, 0.05) is 18.0 Å². The van der Waals surface area contributed by atoms with Crippen molar-refractivity contribution < 1.29 is 14.3 Å². The summed E-state index contributed by atoms with van der Waals surface area (Å²) < 4.78 is 10.3. The van der Waals surface area contributed by atoms with Gasteiger partial charge in [0.1, 0.15) is 5.75 Å². The van der Waals surface area contributed by atoms with Crippen LogP contribution in [0.3, 0.4) is 0 Å². The SMILES string of the molecule is CCOC(=O)CCCNC(C)c1cc(C)ccc1OC. The van der Waals surface area contributed by atoms with Crippen LogP contribution in [-0.2, 0) is 9.53 Å². The van der Waals surface area contributed by atoms with Crippen LogP contribution in [0, 0.1) is 6.92 Å². The van der Waals surface area contributed by atoms with E-state index in [2.05, 4.69) is 25.2 Å². The van der Waals surface area contributed by atoms with Crippen molar-refractivity contribution in [3.63, 3.8) is 0 Å². The minimum absolute atomic E-state index is 0.130. The molecular weight excluding hydrogens is 254 g/mol. The van der Waals surface area contributed by atoms with Gasteiger partial charge in [0.25, 0.3) is 0 Å². The monoisotopic (exact) mass is 279 g/mol. The van der Waals surface area contributed by atoms with E-state index in [9.17, 15) is 4.79 Å². The molecule has 1 rings (SSSR count). The van der Waals surface area contributed by atoms with E-state index in [4.69, 9.17) is 9.47 Å². The highest BCUT2D eigenvalue weighted by atomic mass is 16.5. The number of methoxy groups -OCH3 is 1. The number of rotatable bonds is 8. The van der Waals surface area contributed by atoms with Crippen LogP contribution >= 0.6 is 0 Å². The van der Waals surface area contributed by atoms with Gasteiger partial charge in [-0.2, -0.15) is 0 Å². The number of benzene rings is 1. The number of carbonyl (C=O) groups excluding carboxylic acids is 1. The number of carbonyl (C=O) groups is 1. The summed E-state index contributed by atoms with van der Waals surface area (Å²) in [5, 5.41) is 3.41. The lowest BCUT2D eigenvalue weighted by atomic mass is 10.0. The molecule has 0 aliphatic carbocycles. The van der Waals surface area contributed by atoms with Gasteiger partial charge in [-0.25, -0.2) is 0 Å². The third kappa shape index (κ3) is 5.21. The summed E-state index contributed by atoms with van der Waals surface area (Å²) in [7, 11) is 1.68. The number of aryl methyl sites for hydroxylation is 1. The Labute approximate surface area is 121 Å². The average molecular weight is 279 g/mol. The molecule has 0 amide bonds. The molecule has 0 spiro atoms. The van der Waals surface area contributed by atoms with E-state index in [0.29, 0.717) is 13.0 Å². The number of nitrogens with one attached hydrogen (secondary N) is 1. The van der Waals surface area contributed by atoms with Gasteiger partial charge in [0.05, 0.1) is 13.7 Å². The van der Waals surface area contributed by atoms with Gasteiger partial charge in [0.2, 0.25) is 0 Å². The first-order chi connectivity index (χ1) is 9.58. The fourth-order valence-electron chi connectivity index (χ4n) is 2.09. The molecule has 0 aliphatic rings. The summed E-state index contributed by atoms with van der Waals surface area (Å²) in [5.74, 6) is 0.760. The topological polar surface area (TPSA) is 47.6 Å². The smallest absolute Gasteiger partial charge is 0.305 e. The fourth-order valence-corrected chi connectivity index (χ4v) is 2.09. The summed E-state index contributed by atoms with van der Waals surface area (Å²) >= 11 is 0. The van der Waals surface area contributed by atoms with Crippen molar-refractivity contribution in [1.29, 1.82) is 0 Å². The first-order valence-electron chi connectivity index (χ1n) is 7.12. The van der Waals surface area contributed by atoms with E-state index in [1.165, 1.54) is 5.56 Å². The van der Waals surface area contributed by atoms with Crippen LogP contribution in [-0.4, -0.2) is 26.2 Å². The second kappa shape index (κ2) is 8.59. The molecule has 1 atom stereocenters. The van der Waals surface area contributed by atoms with Crippen LogP contribution in [0.1, 0.15) is 43.9 Å². The standard InChI is InChI=1S/C16H25NO3/c1-5-20-16(18)7-6-10-17-13(3)14-11-12(2)8-9-15(14)19-4/h8-9,11,13,17H,5-7,10H2,1-4H3. The maximum absolute atomic E-state index is 11.2. The summed E-state index contributed by atoms with van der Waals surface area (Å²) in [6, 6.07) is 6.34. The molecule has 0 fully saturated rings. The molecule has 20 heavy (non-hydrogen) atoms. The molecule has 0 saturated carbocycles. The number of hydrogen-bond acceptors (Lipinski definition) is 4. The number of esters is 1. The lowest BCUT2D eigenvalue weighted by molar-refractivity contribution is -0.143. The highest BCUT2D eigenvalue weighted by Gasteiger charge is 2.11. The van der Waals surface area contributed by atoms with Crippen molar-refractivity contribution in [2.45, 2.75) is 39.7 Å². The Kier molecular flexibility index (Phi) is 7.09. The van der Waals surface area contributed by atoms with E-state index in [1.807, 2.05) is 19.1 Å². The van der Waals surface area contributed by atoms with Crippen LogP contribution in [0.4, 0.5) is 0 Å². The van der Waals surface area contributed by atoms with Gasteiger partial charge in [-0.05, 0) is 39.8 Å². The lowest BCUT2D eigenvalue weighted by Crippen LogP contribution is -2.21. The molecule has 1 unspecified atom stereocenters. The van der Waals surface area contributed by atoms with Crippen LogP contribution in [0.2, 0.25) is 0 Å². The largest absolute Gasteiger partial charge is 0.496 e. The highest BCUT2D eigenvalue weighted by molar-refractivity contribution is 5.69. The van der Waals surface area contributed by atoms with Crippen molar-refractivity contribution >= 4 is 5.97 Å². The molecule has 0 saturated heterocycles. The third-order valence-electron chi connectivity index (χ3n) is 3.17. The van der Waals surface area contributed by atoms with Crippen molar-refractivity contribution in [1.82, 2.24) is 5.32 Å². The molecule has 0 aromatic heterocycles. The van der Waals surface area contributed by atoms with Crippen LogP contribution in [0.5, 0.6) is 5.75 Å². The zero-order valence-electron chi connectivity index (χ0n) is 12.9. The van der Waals surface area contributed by atoms with Crippen LogP contribution in [0.15, 0.2) is 18.2 Å². The number of ether oxygens (including phenoxy) is 2. The zero-order chi connectivity index (χ0) is 15.0. The summed E-state index contributed by atoms with van der Waals surface area (Å²) in [5.41, 5.74) is 2.35. The second-order valence-corrected chi connectivity index (χ2v) is 4.83. The molecule has 1 aromatic carbocycles. The van der Waals surface area contributed by atoms with Gasteiger partial charge in [-0.15, -0.1) is 0 Å². The van der Waals surface area contributed by atoms with Gasteiger partial charge in [-0.3, -0.25) is 4.79 Å². The summed E-state index contributed by atoms with van der Waals surface area (Å²) in [6.07, 6.45) is 1.23. The van der Waals surface area contributed by atoms with Crippen molar-refractivity contribution in [2.75, 3.05) is 20.3 Å². The molecule has 112 valence electrons. The molecular formula is C16H25NO3. The quantitative estimate of drug-likeness (QED) is 0.587. The Bertz CT molecular complexity index is 432. The maximum atomic E-state index is 11.2. The Morgan fingerprint density at radius 2 is 2.15 bits per heavy atom. The molecule has 0 bridgehead atoms. The molecule has 4 nitrogen and oxygen atoms in total. The average Bonchev–Trinajstić information content (AvgIpc) is 2.43. The van der Waals surface area contributed by atoms with E-state index >= 15 is 0 Å². The van der Waals surface area contributed by atoms with Gasteiger partial charge in [-0.1, -0.05) is 17.7 Å². The first-order valence-corrected chi connectivity index (χ1v) is 7.12. The van der Waals surface area contributed by atoms with Crippen molar-refractivity contribution in [2.24, 2.45) is 0 Å². The van der Waals surface area contributed by atoms with Gasteiger partial charge < -0.3 is 14.8 Å². The third-order valence-corrected chi connectivity index (χ3v) is 3.17. The Morgan fingerprint density at radius 1 is 1.40 bits per heavy atom. The Balaban J connectivity index is 2.45. The highest BCUT2D eigenvalue weighted by Crippen LogP contribution is 2.25. The minimum Gasteiger partial charge on any atom is -0.496 e. The molecule has 0 heterocycles. The Morgan fingerprint density at radius 3 is 2.80 bits per heavy atom. The van der Waals surface area contributed by atoms with E-state index in [1.54, 1.807) is 7.11 Å². The maximum Gasteiger partial charge on any atom is 0.305 e. The predicted molar refractivity (Wildman–Crippen MR) is 80.0 cm³/mol. The molecule has 4 heteroatoms. The molecule has 0 radical (unpaired) electrons.